The molecule has 2 atom stereocenters. The lowest BCUT2D eigenvalue weighted by Crippen LogP contribution is -2.43. The van der Waals surface area contributed by atoms with Crippen molar-refractivity contribution in [3.05, 3.63) is 28.4 Å². The van der Waals surface area contributed by atoms with Gasteiger partial charge >= 0.3 is 11.8 Å². The molecule has 0 bridgehead atoms. The predicted octanol–water partition coefficient (Wildman–Crippen LogP) is 1.24. The third kappa shape index (κ3) is 2.93. The molecular weight excluding hydrogens is 286 g/mol. The number of rotatable bonds is 3. The lowest BCUT2D eigenvalue weighted by Gasteiger charge is -2.29. The molecule has 1 N–H and O–H groups in total. The Labute approximate surface area is 117 Å². The number of hydrogen-bond donors (Lipinski definition) is 1. The number of carboxylic acid groups (broad SMARTS) is 1. The van der Waals surface area contributed by atoms with Gasteiger partial charge in [0.2, 0.25) is 5.03 Å². The van der Waals surface area contributed by atoms with Gasteiger partial charge in [0.05, 0.1) is 21.0 Å². The van der Waals surface area contributed by atoms with Crippen LogP contribution in [0.3, 0.4) is 0 Å². The summed E-state index contributed by atoms with van der Waals surface area (Å²) in [6.45, 7) is 0.503. The molecule has 2 unspecified atom stereocenters. The van der Waals surface area contributed by atoms with Crippen LogP contribution < -0.4 is 0 Å². The van der Waals surface area contributed by atoms with Gasteiger partial charge in [-0.1, -0.05) is 0 Å². The fourth-order valence-electron chi connectivity index (χ4n) is 2.12. The van der Waals surface area contributed by atoms with Crippen LogP contribution in [-0.4, -0.2) is 48.6 Å². The summed E-state index contributed by atoms with van der Waals surface area (Å²) in [5, 5.41) is 19.3. The van der Waals surface area contributed by atoms with Gasteiger partial charge in [0, 0.05) is 25.4 Å². The van der Waals surface area contributed by atoms with Gasteiger partial charge in [0.25, 0.3) is 0 Å². The SMILES string of the molecule is O=C(O)N1CCCC(S(=O)c2ncccc2[N+](=O)[O-])C1. The van der Waals surface area contributed by atoms with Crippen molar-refractivity contribution in [3.63, 3.8) is 0 Å². The molecular formula is C11H13N3O5S. The first-order valence-electron chi connectivity index (χ1n) is 5.98. The molecule has 1 aliphatic heterocycles. The minimum absolute atomic E-state index is 0.0882. The predicted molar refractivity (Wildman–Crippen MR) is 69.9 cm³/mol. The first kappa shape index (κ1) is 14.4. The van der Waals surface area contributed by atoms with Crippen LogP contribution in [0.1, 0.15) is 12.8 Å². The van der Waals surface area contributed by atoms with Gasteiger partial charge in [-0.05, 0) is 18.9 Å². The fraction of sp³-hybridized carbons (Fsp3) is 0.455. The molecule has 0 aromatic carbocycles. The van der Waals surface area contributed by atoms with Gasteiger partial charge in [-0.3, -0.25) is 14.3 Å². The molecule has 1 aliphatic rings. The van der Waals surface area contributed by atoms with Crippen molar-refractivity contribution in [1.82, 2.24) is 9.88 Å². The zero-order valence-corrected chi connectivity index (χ0v) is 11.3. The van der Waals surface area contributed by atoms with Crippen molar-refractivity contribution in [1.29, 1.82) is 0 Å². The van der Waals surface area contributed by atoms with Crippen LogP contribution in [0, 0.1) is 10.1 Å². The van der Waals surface area contributed by atoms with Crippen molar-refractivity contribution < 1.29 is 19.0 Å². The summed E-state index contributed by atoms with van der Waals surface area (Å²) in [5.74, 6) is 0. The number of aromatic nitrogens is 1. The summed E-state index contributed by atoms with van der Waals surface area (Å²) in [5.41, 5.74) is -0.293. The third-order valence-electron chi connectivity index (χ3n) is 3.09. The van der Waals surface area contributed by atoms with Gasteiger partial charge in [0.1, 0.15) is 0 Å². The Kier molecular flexibility index (Phi) is 4.28. The van der Waals surface area contributed by atoms with E-state index in [2.05, 4.69) is 4.98 Å². The smallest absolute Gasteiger partial charge is 0.407 e. The average molecular weight is 299 g/mol. The molecule has 1 aromatic heterocycles. The van der Waals surface area contributed by atoms with E-state index < -0.39 is 27.1 Å². The highest BCUT2D eigenvalue weighted by atomic mass is 32.2. The second-order valence-electron chi connectivity index (χ2n) is 4.38. The Balaban J connectivity index is 2.23. The molecule has 0 saturated carbocycles. The number of carbonyl (C=O) groups is 1. The van der Waals surface area contributed by atoms with Crippen LogP contribution in [0.25, 0.3) is 0 Å². The van der Waals surface area contributed by atoms with Gasteiger partial charge < -0.3 is 10.0 Å². The zero-order valence-electron chi connectivity index (χ0n) is 10.5. The molecule has 1 fully saturated rings. The summed E-state index contributed by atoms with van der Waals surface area (Å²) in [7, 11) is -1.70. The van der Waals surface area contributed by atoms with E-state index in [1.54, 1.807) is 0 Å². The second kappa shape index (κ2) is 5.95. The van der Waals surface area contributed by atoms with Gasteiger partial charge in [-0.25, -0.2) is 9.78 Å². The minimum Gasteiger partial charge on any atom is -0.465 e. The molecule has 0 aliphatic carbocycles. The van der Waals surface area contributed by atoms with E-state index >= 15 is 0 Å². The first-order valence-corrected chi connectivity index (χ1v) is 7.20. The molecule has 1 saturated heterocycles. The van der Waals surface area contributed by atoms with Gasteiger partial charge in [0.15, 0.2) is 0 Å². The maximum atomic E-state index is 12.4. The van der Waals surface area contributed by atoms with Crippen molar-refractivity contribution in [2.75, 3.05) is 13.1 Å². The van der Waals surface area contributed by atoms with E-state index in [4.69, 9.17) is 5.11 Å². The minimum atomic E-state index is -1.70. The molecule has 2 rings (SSSR count). The summed E-state index contributed by atoms with van der Waals surface area (Å²) < 4.78 is 12.4. The largest absolute Gasteiger partial charge is 0.465 e. The standard InChI is InChI=1S/C11H13N3O5S/c15-11(16)13-6-2-3-8(7-13)20(19)10-9(14(17)18)4-1-5-12-10/h1,4-5,8H,2-3,6-7H2,(H,15,16). The number of likely N-dealkylation sites (tertiary alicyclic amines) is 1. The Morgan fingerprint density at radius 3 is 3.00 bits per heavy atom. The van der Waals surface area contributed by atoms with Crippen LogP contribution in [0.2, 0.25) is 0 Å². The van der Waals surface area contributed by atoms with Crippen molar-refractivity contribution >= 4 is 22.6 Å². The molecule has 20 heavy (non-hydrogen) atoms. The highest BCUT2D eigenvalue weighted by Gasteiger charge is 2.32. The highest BCUT2D eigenvalue weighted by Crippen LogP contribution is 2.25. The first-order chi connectivity index (χ1) is 9.50. The number of nitro groups is 1. The van der Waals surface area contributed by atoms with Crippen molar-refractivity contribution in [2.45, 2.75) is 23.1 Å². The topological polar surface area (TPSA) is 114 Å². The van der Waals surface area contributed by atoms with E-state index in [1.165, 1.54) is 23.2 Å². The number of pyridine rings is 1. The van der Waals surface area contributed by atoms with E-state index in [1.807, 2.05) is 0 Å². The van der Waals surface area contributed by atoms with Gasteiger partial charge in [-0.15, -0.1) is 0 Å². The lowest BCUT2D eigenvalue weighted by atomic mass is 10.1. The summed E-state index contributed by atoms with van der Waals surface area (Å²) in [6.07, 6.45) is 1.42. The average Bonchev–Trinajstić information content (AvgIpc) is 2.46. The molecule has 8 nitrogen and oxygen atoms in total. The normalized spacial score (nSPS) is 20.4. The highest BCUT2D eigenvalue weighted by molar-refractivity contribution is 7.85. The molecule has 0 radical (unpaired) electrons. The monoisotopic (exact) mass is 299 g/mol. The second-order valence-corrected chi connectivity index (χ2v) is 6.02. The molecule has 1 amide bonds. The fourth-order valence-corrected chi connectivity index (χ4v) is 3.65. The lowest BCUT2D eigenvalue weighted by molar-refractivity contribution is -0.388. The number of piperidine rings is 1. The van der Waals surface area contributed by atoms with E-state index in [0.29, 0.717) is 19.4 Å². The van der Waals surface area contributed by atoms with Gasteiger partial charge in [-0.2, -0.15) is 0 Å². The van der Waals surface area contributed by atoms with E-state index in [9.17, 15) is 19.1 Å². The maximum Gasteiger partial charge on any atom is 0.407 e. The quantitative estimate of drug-likeness (QED) is 0.663. The Morgan fingerprint density at radius 1 is 1.60 bits per heavy atom. The van der Waals surface area contributed by atoms with Crippen molar-refractivity contribution in [2.24, 2.45) is 0 Å². The Morgan fingerprint density at radius 2 is 2.35 bits per heavy atom. The number of nitrogens with zero attached hydrogens (tertiary/aromatic N) is 3. The van der Waals surface area contributed by atoms with Crippen LogP contribution in [0.15, 0.2) is 23.4 Å². The van der Waals surface area contributed by atoms with Crippen LogP contribution >= 0.6 is 0 Å². The summed E-state index contributed by atoms with van der Waals surface area (Å²) >= 11 is 0. The van der Waals surface area contributed by atoms with Crippen LogP contribution in [-0.2, 0) is 10.8 Å². The molecule has 108 valence electrons. The Hall–Kier alpha value is -2.03. The van der Waals surface area contributed by atoms with E-state index in [0.717, 1.165) is 0 Å². The Bertz CT molecular complexity index is 565. The number of hydrogen-bond acceptors (Lipinski definition) is 5. The van der Waals surface area contributed by atoms with Crippen molar-refractivity contribution in [3.8, 4) is 0 Å². The van der Waals surface area contributed by atoms with Crippen LogP contribution in [0.4, 0.5) is 10.5 Å². The summed E-state index contributed by atoms with van der Waals surface area (Å²) in [4.78, 5) is 26.2. The summed E-state index contributed by atoms with van der Waals surface area (Å²) in [6, 6.07) is 2.65. The van der Waals surface area contributed by atoms with Crippen LogP contribution in [0.5, 0.6) is 0 Å². The number of amides is 1. The zero-order chi connectivity index (χ0) is 14.7. The molecule has 9 heteroatoms. The third-order valence-corrected chi connectivity index (χ3v) is 4.78. The molecule has 1 aromatic rings. The molecule has 2 heterocycles. The van der Waals surface area contributed by atoms with E-state index in [-0.39, 0.29) is 17.3 Å². The maximum absolute atomic E-state index is 12.4. The molecule has 0 spiro atoms.